The van der Waals surface area contributed by atoms with Gasteiger partial charge in [0.05, 0.1) is 11.4 Å². The molecule has 4 nitrogen and oxygen atoms in total. The summed E-state index contributed by atoms with van der Waals surface area (Å²) in [6.45, 7) is 7.09. The Kier molecular flexibility index (Phi) is 4.97. The van der Waals surface area contributed by atoms with Crippen LogP contribution in [0.25, 0.3) is 5.69 Å². The van der Waals surface area contributed by atoms with Gasteiger partial charge >= 0.3 is 0 Å². The number of fused-ring (bicyclic) bond motifs is 2. The maximum absolute atomic E-state index is 12.6. The molecule has 7 heteroatoms. The van der Waals surface area contributed by atoms with Crippen LogP contribution < -0.4 is 5.32 Å². The van der Waals surface area contributed by atoms with Crippen LogP contribution in [0.5, 0.6) is 0 Å². The Hall–Kier alpha value is -1.18. The smallest absolute Gasteiger partial charge is 0.230 e. The standard InChI is InChI=1S/C20H25N3OS3/c1-19(2)13-9-10-20(19,3)15(11-13)21-16(24)12-26-17-22-23(18(25)27-17)14-7-5-4-6-8-14/h4-8,13,15H,9-12H2,1-3H3,(H,21,24). The molecule has 144 valence electrons. The second kappa shape index (κ2) is 7.01. The minimum absolute atomic E-state index is 0.0990. The van der Waals surface area contributed by atoms with Gasteiger partial charge in [0.2, 0.25) is 5.91 Å². The van der Waals surface area contributed by atoms with E-state index in [4.69, 9.17) is 12.2 Å². The summed E-state index contributed by atoms with van der Waals surface area (Å²) >= 11 is 8.35. The van der Waals surface area contributed by atoms with Gasteiger partial charge in [-0.15, -0.1) is 5.10 Å². The monoisotopic (exact) mass is 419 g/mol. The van der Waals surface area contributed by atoms with Crippen molar-refractivity contribution in [2.24, 2.45) is 16.7 Å². The molecule has 27 heavy (non-hydrogen) atoms. The SMILES string of the molecule is CC1(C)C2CCC1(C)C(NC(=O)CSc1nn(-c3ccccc3)c(=S)s1)C2. The molecule has 3 unspecified atom stereocenters. The number of hydrogen-bond donors (Lipinski definition) is 1. The molecule has 3 atom stereocenters. The van der Waals surface area contributed by atoms with Crippen LogP contribution in [0, 0.1) is 20.7 Å². The topological polar surface area (TPSA) is 46.9 Å². The first-order valence-corrected chi connectivity index (χ1v) is 11.6. The van der Waals surface area contributed by atoms with E-state index in [1.165, 1.54) is 35.9 Å². The Labute approximate surface area is 173 Å². The number of nitrogens with zero attached hydrogens (tertiary/aromatic N) is 2. The summed E-state index contributed by atoms with van der Waals surface area (Å²) in [5.74, 6) is 1.21. The highest BCUT2D eigenvalue weighted by atomic mass is 32.2. The zero-order valence-corrected chi connectivity index (χ0v) is 18.3. The highest BCUT2D eigenvalue weighted by Gasteiger charge is 2.61. The minimum Gasteiger partial charge on any atom is -0.352 e. The third-order valence-electron chi connectivity index (χ3n) is 6.99. The van der Waals surface area contributed by atoms with Gasteiger partial charge in [-0.1, -0.05) is 62.1 Å². The Bertz CT molecular complexity index is 905. The summed E-state index contributed by atoms with van der Waals surface area (Å²) in [5.41, 5.74) is 1.47. The van der Waals surface area contributed by atoms with E-state index in [1.807, 2.05) is 30.3 Å². The molecule has 1 amide bonds. The molecule has 4 rings (SSSR count). The number of aromatic nitrogens is 2. The molecule has 0 radical (unpaired) electrons. The van der Waals surface area contributed by atoms with Gasteiger partial charge < -0.3 is 5.32 Å². The zero-order chi connectivity index (χ0) is 19.2. The first-order chi connectivity index (χ1) is 12.8. The summed E-state index contributed by atoms with van der Waals surface area (Å²) < 4.78 is 3.30. The van der Waals surface area contributed by atoms with Crippen molar-refractivity contribution in [3.05, 3.63) is 34.3 Å². The molecule has 2 aliphatic rings. The van der Waals surface area contributed by atoms with E-state index in [9.17, 15) is 4.79 Å². The Morgan fingerprint density at radius 3 is 2.74 bits per heavy atom. The van der Waals surface area contributed by atoms with Crippen molar-refractivity contribution < 1.29 is 4.79 Å². The van der Waals surface area contributed by atoms with E-state index in [2.05, 4.69) is 31.2 Å². The molecule has 0 spiro atoms. The molecule has 1 heterocycles. The van der Waals surface area contributed by atoms with Crippen LogP contribution in [-0.2, 0) is 4.79 Å². The molecule has 1 aromatic heterocycles. The molecule has 0 saturated heterocycles. The number of nitrogens with one attached hydrogen (secondary N) is 1. The van der Waals surface area contributed by atoms with Crippen molar-refractivity contribution in [1.82, 2.24) is 15.1 Å². The quantitative estimate of drug-likeness (QED) is 0.542. The predicted molar refractivity (Wildman–Crippen MR) is 114 cm³/mol. The highest BCUT2D eigenvalue weighted by Crippen LogP contribution is 2.65. The number of benzene rings is 1. The number of carbonyl (C=O) groups is 1. The van der Waals surface area contributed by atoms with Crippen molar-refractivity contribution >= 4 is 41.2 Å². The molecule has 1 N–H and O–H groups in total. The predicted octanol–water partition coefficient (Wildman–Crippen LogP) is 5.09. The van der Waals surface area contributed by atoms with Gasteiger partial charge in [0, 0.05) is 6.04 Å². The first kappa shape index (κ1) is 19.2. The summed E-state index contributed by atoms with van der Waals surface area (Å²) in [6, 6.07) is 10.2. The van der Waals surface area contributed by atoms with Crippen LogP contribution in [-0.4, -0.2) is 27.5 Å². The lowest BCUT2D eigenvalue weighted by Gasteiger charge is -2.39. The van der Waals surface area contributed by atoms with Crippen molar-refractivity contribution in [2.75, 3.05) is 5.75 Å². The molecule has 2 aliphatic carbocycles. The van der Waals surface area contributed by atoms with Crippen molar-refractivity contribution in [2.45, 2.75) is 50.4 Å². The van der Waals surface area contributed by atoms with E-state index in [0.717, 1.165) is 22.4 Å². The fourth-order valence-corrected chi connectivity index (χ4v) is 7.01. The number of rotatable bonds is 5. The molecule has 2 bridgehead atoms. The number of thioether (sulfide) groups is 1. The van der Waals surface area contributed by atoms with Crippen molar-refractivity contribution in [3.63, 3.8) is 0 Å². The van der Waals surface area contributed by atoms with Crippen LogP contribution in [0.1, 0.15) is 40.0 Å². The lowest BCUT2D eigenvalue weighted by molar-refractivity contribution is -0.120. The average molecular weight is 420 g/mol. The van der Waals surface area contributed by atoms with Gasteiger partial charge in [0.15, 0.2) is 8.29 Å². The lowest BCUT2D eigenvalue weighted by Crippen LogP contribution is -2.47. The Balaban J connectivity index is 1.38. The van der Waals surface area contributed by atoms with Crippen molar-refractivity contribution in [3.8, 4) is 5.69 Å². The molecule has 2 aromatic rings. The van der Waals surface area contributed by atoms with Gasteiger partial charge in [0.1, 0.15) is 0 Å². The van der Waals surface area contributed by atoms with E-state index < -0.39 is 0 Å². The van der Waals surface area contributed by atoms with Crippen molar-refractivity contribution in [1.29, 1.82) is 0 Å². The Morgan fingerprint density at radius 2 is 2.11 bits per heavy atom. The van der Waals surface area contributed by atoms with Crippen LogP contribution in [0.2, 0.25) is 0 Å². The van der Waals surface area contributed by atoms with E-state index in [-0.39, 0.29) is 11.3 Å². The summed E-state index contributed by atoms with van der Waals surface area (Å²) in [6.07, 6.45) is 3.62. The molecule has 1 aromatic carbocycles. The van der Waals surface area contributed by atoms with Gasteiger partial charge in [0.25, 0.3) is 0 Å². The third-order valence-corrected chi connectivity index (χ3v) is 9.35. The number of amides is 1. The lowest BCUT2D eigenvalue weighted by atomic mass is 9.69. The minimum atomic E-state index is 0.0990. The second-order valence-electron chi connectivity index (χ2n) is 8.40. The Morgan fingerprint density at radius 1 is 1.37 bits per heavy atom. The fourth-order valence-electron chi connectivity index (χ4n) is 4.84. The van der Waals surface area contributed by atoms with Crippen LogP contribution in [0.15, 0.2) is 34.7 Å². The second-order valence-corrected chi connectivity index (χ2v) is 11.2. The van der Waals surface area contributed by atoms with E-state index >= 15 is 0 Å². The molecular weight excluding hydrogens is 394 g/mol. The number of hydrogen-bond acceptors (Lipinski definition) is 5. The van der Waals surface area contributed by atoms with Crippen LogP contribution in [0.4, 0.5) is 0 Å². The molecule has 2 saturated carbocycles. The van der Waals surface area contributed by atoms with E-state index in [1.54, 1.807) is 4.68 Å². The van der Waals surface area contributed by atoms with Crippen LogP contribution >= 0.6 is 35.3 Å². The largest absolute Gasteiger partial charge is 0.352 e. The normalized spacial score (nSPS) is 28.4. The number of carbonyl (C=O) groups excluding carboxylic acids is 1. The molecular formula is C20H25N3OS3. The van der Waals surface area contributed by atoms with Gasteiger partial charge in [-0.05, 0) is 60.4 Å². The number of para-hydroxylation sites is 1. The summed E-state index contributed by atoms with van der Waals surface area (Å²) in [4.78, 5) is 12.6. The zero-order valence-electron chi connectivity index (χ0n) is 15.9. The van der Waals surface area contributed by atoms with Gasteiger partial charge in [-0.25, -0.2) is 4.68 Å². The maximum Gasteiger partial charge on any atom is 0.230 e. The summed E-state index contributed by atoms with van der Waals surface area (Å²) in [5, 5.41) is 7.89. The third kappa shape index (κ3) is 3.28. The van der Waals surface area contributed by atoms with Gasteiger partial charge in [-0.2, -0.15) is 0 Å². The molecule has 0 aliphatic heterocycles. The average Bonchev–Trinajstić information content (AvgIpc) is 3.18. The fraction of sp³-hybridized carbons (Fsp3) is 0.550. The van der Waals surface area contributed by atoms with Crippen LogP contribution in [0.3, 0.4) is 0 Å². The van der Waals surface area contributed by atoms with Gasteiger partial charge in [-0.3, -0.25) is 4.79 Å². The summed E-state index contributed by atoms with van der Waals surface area (Å²) in [7, 11) is 0. The maximum atomic E-state index is 12.6. The first-order valence-electron chi connectivity index (χ1n) is 9.39. The van der Waals surface area contributed by atoms with E-state index in [0.29, 0.717) is 21.2 Å². The molecule has 2 fully saturated rings. The highest BCUT2D eigenvalue weighted by molar-refractivity contribution is 8.01.